The number of hydrogen-bond donors (Lipinski definition) is 0. The van der Waals surface area contributed by atoms with Crippen molar-refractivity contribution in [3.05, 3.63) is 38.4 Å². The molecule has 0 aromatic heterocycles. The van der Waals surface area contributed by atoms with Gasteiger partial charge in [0, 0.05) is 17.5 Å². The van der Waals surface area contributed by atoms with Gasteiger partial charge in [0.1, 0.15) is 6.07 Å². The van der Waals surface area contributed by atoms with Crippen molar-refractivity contribution in [3.63, 3.8) is 0 Å². The quantitative estimate of drug-likeness (QED) is 0.473. The number of hydrogen-bond acceptors (Lipinski definition) is 3. The first-order chi connectivity index (χ1) is 6.60. The summed E-state index contributed by atoms with van der Waals surface area (Å²) in [5.74, 6) is 0. The van der Waals surface area contributed by atoms with Crippen molar-refractivity contribution >= 4 is 33.2 Å². The van der Waals surface area contributed by atoms with Crippen LogP contribution in [0.3, 0.4) is 0 Å². The van der Waals surface area contributed by atoms with Crippen LogP contribution in [0.2, 0.25) is 5.02 Å². The summed E-state index contributed by atoms with van der Waals surface area (Å²) in [6, 6.07) is 4.40. The molecule has 1 aromatic rings. The molecule has 0 aliphatic heterocycles. The topological polar surface area (TPSA) is 66.9 Å². The number of non-ortho nitro benzene ring substituents is 1. The van der Waals surface area contributed by atoms with Crippen LogP contribution in [0.5, 0.6) is 0 Å². The molecule has 0 heterocycles. The molecule has 1 rings (SSSR count). The van der Waals surface area contributed by atoms with E-state index in [0.29, 0.717) is 10.9 Å². The standard InChI is InChI=1S/C8H4BrClN2O2/c9-3-5-1-6(12(13)14)2-8(10)7(5)4-11/h1-2H,3H2. The van der Waals surface area contributed by atoms with Crippen LogP contribution in [0.4, 0.5) is 5.69 Å². The lowest BCUT2D eigenvalue weighted by atomic mass is 10.1. The first kappa shape index (κ1) is 11.0. The molecule has 0 saturated carbocycles. The summed E-state index contributed by atoms with van der Waals surface area (Å²) in [4.78, 5) is 9.93. The summed E-state index contributed by atoms with van der Waals surface area (Å²) >= 11 is 8.84. The number of halogens is 2. The van der Waals surface area contributed by atoms with Gasteiger partial charge in [0.2, 0.25) is 0 Å². The highest BCUT2D eigenvalue weighted by Crippen LogP contribution is 2.27. The van der Waals surface area contributed by atoms with E-state index in [0.717, 1.165) is 0 Å². The molecule has 72 valence electrons. The molecule has 0 radical (unpaired) electrons. The van der Waals surface area contributed by atoms with Gasteiger partial charge in [-0.15, -0.1) is 0 Å². The summed E-state index contributed by atoms with van der Waals surface area (Å²) in [5.41, 5.74) is 0.685. The molecule has 0 spiro atoms. The number of rotatable bonds is 2. The Morgan fingerprint density at radius 3 is 2.71 bits per heavy atom. The third-order valence-electron chi connectivity index (χ3n) is 1.62. The number of benzene rings is 1. The van der Waals surface area contributed by atoms with Crippen molar-refractivity contribution in [2.45, 2.75) is 5.33 Å². The zero-order valence-corrected chi connectivity index (χ0v) is 9.17. The van der Waals surface area contributed by atoms with E-state index in [1.165, 1.54) is 12.1 Å². The van der Waals surface area contributed by atoms with Crippen molar-refractivity contribution in [1.82, 2.24) is 0 Å². The third-order valence-corrected chi connectivity index (χ3v) is 2.53. The minimum Gasteiger partial charge on any atom is -0.258 e. The predicted molar refractivity (Wildman–Crippen MR) is 55.5 cm³/mol. The van der Waals surface area contributed by atoms with Crippen molar-refractivity contribution in [2.75, 3.05) is 0 Å². The highest BCUT2D eigenvalue weighted by molar-refractivity contribution is 9.08. The molecule has 0 unspecified atom stereocenters. The van der Waals surface area contributed by atoms with Gasteiger partial charge in [0.05, 0.1) is 15.5 Å². The fourth-order valence-corrected chi connectivity index (χ4v) is 1.70. The van der Waals surface area contributed by atoms with Gasteiger partial charge in [-0.25, -0.2) is 0 Å². The van der Waals surface area contributed by atoms with Crippen LogP contribution in [-0.2, 0) is 5.33 Å². The molecule has 0 saturated heterocycles. The number of nitro groups is 1. The second kappa shape index (κ2) is 4.40. The molecule has 1 aromatic carbocycles. The summed E-state index contributed by atoms with van der Waals surface area (Å²) in [5, 5.41) is 19.7. The molecule has 0 fully saturated rings. The molecule has 0 N–H and O–H groups in total. The zero-order chi connectivity index (χ0) is 10.7. The van der Waals surface area contributed by atoms with Gasteiger partial charge in [-0.05, 0) is 5.56 Å². The van der Waals surface area contributed by atoms with E-state index in [1.807, 2.05) is 6.07 Å². The average molecular weight is 275 g/mol. The molecule has 4 nitrogen and oxygen atoms in total. The van der Waals surface area contributed by atoms with Crippen LogP contribution in [0.1, 0.15) is 11.1 Å². The van der Waals surface area contributed by atoms with Gasteiger partial charge >= 0.3 is 0 Å². The van der Waals surface area contributed by atoms with E-state index in [9.17, 15) is 10.1 Å². The van der Waals surface area contributed by atoms with E-state index >= 15 is 0 Å². The summed E-state index contributed by atoms with van der Waals surface area (Å²) in [7, 11) is 0. The Bertz CT molecular complexity index is 428. The number of nitrogens with zero attached hydrogens (tertiary/aromatic N) is 2. The Morgan fingerprint density at radius 1 is 1.64 bits per heavy atom. The monoisotopic (exact) mass is 274 g/mol. The minimum atomic E-state index is -0.542. The van der Waals surface area contributed by atoms with Gasteiger partial charge in [0.25, 0.3) is 5.69 Å². The predicted octanol–water partition coefficient (Wildman–Crippen LogP) is 3.01. The van der Waals surface area contributed by atoms with Crippen LogP contribution in [-0.4, -0.2) is 4.92 Å². The highest BCUT2D eigenvalue weighted by atomic mass is 79.9. The molecule has 6 heteroatoms. The maximum absolute atomic E-state index is 10.5. The Labute approximate surface area is 93.4 Å². The van der Waals surface area contributed by atoms with Gasteiger partial charge in [-0.1, -0.05) is 27.5 Å². The van der Waals surface area contributed by atoms with Gasteiger partial charge in [-0.2, -0.15) is 5.26 Å². The Kier molecular flexibility index (Phi) is 3.44. The van der Waals surface area contributed by atoms with Crippen molar-refractivity contribution in [2.24, 2.45) is 0 Å². The molecular formula is C8H4BrClN2O2. The Hall–Kier alpha value is -1.12. The van der Waals surface area contributed by atoms with Crippen LogP contribution < -0.4 is 0 Å². The average Bonchev–Trinajstić information content (AvgIpc) is 2.16. The summed E-state index contributed by atoms with van der Waals surface area (Å²) < 4.78 is 0. The molecule has 0 aliphatic rings. The lowest BCUT2D eigenvalue weighted by molar-refractivity contribution is -0.384. The van der Waals surface area contributed by atoms with E-state index in [2.05, 4.69) is 15.9 Å². The van der Waals surface area contributed by atoms with Crippen LogP contribution >= 0.6 is 27.5 Å². The second-order valence-electron chi connectivity index (χ2n) is 2.46. The molecular weight excluding hydrogens is 271 g/mol. The van der Waals surface area contributed by atoms with E-state index in [1.54, 1.807) is 0 Å². The van der Waals surface area contributed by atoms with Crippen molar-refractivity contribution in [3.8, 4) is 6.07 Å². The fourth-order valence-electron chi connectivity index (χ4n) is 0.984. The van der Waals surface area contributed by atoms with Crippen LogP contribution in [0.15, 0.2) is 12.1 Å². The number of nitro benzene ring substituents is 1. The minimum absolute atomic E-state index is 0.108. The first-order valence-electron chi connectivity index (χ1n) is 3.53. The summed E-state index contributed by atoms with van der Waals surface area (Å²) in [6.07, 6.45) is 0. The van der Waals surface area contributed by atoms with E-state index < -0.39 is 4.92 Å². The summed E-state index contributed by atoms with van der Waals surface area (Å²) in [6.45, 7) is 0. The molecule has 0 amide bonds. The SMILES string of the molecule is N#Cc1c(Cl)cc([N+](=O)[O-])cc1CBr. The lowest BCUT2D eigenvalue weighted by Gasteiger charge is -2.01. The number of nitriles is 1. The second-order valence-corrected chi connectivity index (χ2v) is 3.43. The normalized spacial score (nSPS) is 9.50. The van der Waals surface area contributed by atoms with Crippen LogP contribution in [0, 0.1) is 21.4 Å². The van der Waals surface area contributed by atoms with E-state index in [4.69, 9.17) is 16.9 Å². The van der Waals surface area contributed by atoms with Gasteiger partial charge < -0.3 is 0 Å². The lowest BCUT2D eigenvalue weighted by Crippen LogP contribution is -1.93. The number of alkyl halides is 1. The molecule has 0 bridgehead atoms. The van der Waals surface area contributed by atoms with E-state index in [-0.39, 0.29) is 16.3 Å². The highest BCUT2D eigenvalue weighted by Gasteiger charge is 2.14. The smallest absolute Gasteiger partial charge is 0.258 e. The Morgan fingerprint density at radius 2 is 2.29 bits per heavy atom. The molecule has 14 heavy (non-hydrogen) atoms. The van der Waals surface area contributed by atoms with Crippen molar-refractivity contribution < 1.29 is 4.92 Å². The first-order valence-corrected chi connectivity index (χ1v) is 5.03. The largest absolute Gasteiger partial charge is 0.271 e. The van der Waals surface area contributed by atoms with Crippen LogP contribution in [0.25, 0.3) is 0 Å². The molecule has 0 aliphatic carbocycles. The third kappa shape index (κ3) is 2.03. The Balaban J connectivity index is 3.40. The maximum atomic E-state index is 10.5. The van der Waals surface area contributed by atoms with Gasteiger partial charge in [-0.3, -0.25) is 10.1 Å². The zero-order valence-electron chi connectivity index (χ0n) is 6.83. The molecule has 0 atom stereocenters. The van der Waals surface area contributed by atoms with Crippen molar-refractivity contribution in [1.29, 1.82) is 5.26 Å². The maximum Gasteiger partial charge on any atom is 0.271 e. The fraction of sp³-hybridized carbons (Fsp3) is 0.125. The van der Waals surface area contributed by atoms with Gasteiger partial charge in [0.15, 0.2) is 0 Å².